The molecule has 20 heavy (non-hydrogen) atoms. The molecule has 3 rings (SSSR count). The third-order valence-electron chi connectivity index (χ3n) is 3.79. The largest absolute Gasteiger partial charge is 0.382 e. The summed E-state index contributed by atoms with van der Waals surface area (Å²) in [6, 6.07) is 6.09. The minimum atomic E-state index is -0.520. The van der Waals surface area contributed by atoms with E-state index >= 15 is 0 Å². The molecule has 1 atom stereocenters. The van der Waals surface area contributed by atoms with Gasteiger partial charge in [0.25, 0.3) is 5.91 Å². The first-order valence-electron chi connectivity index (χ1n) is 7.01. The highest BCUT2D eigenvalue weighted by Gasteiger charge is 2.32. The van der Waals surface area contributed by atoms with E-state index in [-0.39, 0.29) is 11.7 Å². The summed E-state index contributed by atoms with van der Waals surface area (Å²) in [5.41, 5.74) is 1.51. The molecule has 5 heteroatoms. The predicted octanol–water partition coefficient (Wildman–Crippen LogP) is 2.33. The van der Waals surface area contributed by atoms with Crippen LogP contribution in [0, 0.1) is 5.82 Å². The summed E-state index contributed by atoms with van der Waals surface area (Å²) >= 11 is 0. The van der Waals surface area contributed by atoms with Crippen LogP contribution in [0.2, 0.25) is 0 Å². The minimum Gasteiger partial charge on any atom is -0.382 e. The zero-order valence-corrected chi connectivity index (χ0v) is 11.2. The molecular weight excluding hydrogens is 259 g/mol. The fourth-order valence-corrected chi connectivity index (χ4v) is 2.64. The second-order valence-corrected chi connectivity index (χ2v) is 5.23. The number of benzene rings is 1. The van der Waals surface area contributed by atoms with Crippen molar-refractivity contribution in [3.8, 4) is 0 Å². The van der Waals surface area contributed by atoms with Crippen LogP contribution in [-0.2, 0) is 9.63 Å². The topological polar surface area (TPSA) is 41.9 Å². The Labute approximate surface area is 117 Å². The van der Waals surface area contributed by atoms with Crippen molar-refractivity contribution in [3.63, 3.8) is 0 Å². The first kappa shape index (κ1) is 13.1. The summed E-state index contributed by atoms with van der Waals surface area (Å²) in [6.45, 7) is 1.62. The van der Waals surface area contributed by atoms with Crippen molar-refractivity contribution in [2.45, 2.75) is 31.8 Å². The van der Waals surface area contributed by atoms with Gasteiger partial charge < -0.3 is 9.74 Å². The molecule has 0 unspecified atom stereocenters. The van der Waals surface area contributed by atoms with E-state index in [1.165, 1.54) is 18.6 Å². The fourth-order valence-electron chi connectivity index (χ4n) is 2.64. The van der Waals surface area contributed by atoms with Gasteiger partial charge in [-0.1, -0.05) is 17.3 Å². The summed E-state index contributed by atoms with van der Waals surface area (Å²) in [5.74, 6) is -0.264. The van der Waals surface area contributed by atoms with E-state index in [1.807, 2.05) is 4.90 Å². The van der Waals surface area contributed by atoms with Crippen molar-refractivity contribution in [1.29, 1.82) is 0 Å². The van der Waals surface area contributed by atoms with E-state index in [9.17, 15) is 9.18 Å². The lowest BCUT2D eigenvalue weighted by atomic mass is 10.0. The van der Waals surface area contributed by atoms with Crippen molar-refractivity contribution in [2.75, 3.05) is 13.1 Å². The van der Waals surface area contributed by atoms with Crippen molar-refractivity contribution in [2.24, 2.45) is 5.16 Å². The number of oxime groups is 1. The summed E-state index contributed by atoms with van der Waals surface area (Å²) in [7, 11) is 0. The van der Waals surface area contributed by atoms with Gasteiger partial charge in [-0.3, -0.25) is 4.79 Å². The van der Waals surface area contributed by atoms with E-state index in [0.29, 0.717) is 12.1 Å². The molecule has 0 N–H and O–H groups in total. The highest BCUT2D eigenvalue weighted by atomic mass is 19.1. The van der Waals surface area contributed by atoms with Crippen LogP contribution in [-0.4, -0.2) is 35.7 Å². The van der Waals surface area contributed by atoms with Crippen LogP contribution < -0.4 is 0 Å². The number of hydrogen-bond donors (Lipinski definition) is 0. The van der Waals surface area contributed by atoms with Crippen molar-refractivity contribution in [3.05, 3.63) is 35.6 Å². The Morgan fingerprint density at radius 2 is 1.90 bits per heavy atom. The van der Waals surface area contributed by atoms with E-state index in [2.05, 4.69) is 5.16 Å². The molecule has 0 saturated carbocycles. The molecule has 0 radical (unpaired) electrons. The first-order valence-corrected chi connectivity index (χ1v) is 7.01. The highest BCUT2D eigenvalue weighted by Crippen LogP contribution is 2.20. The van der Waals surface area contributed by atoms with Gasteiger partial charge in [0.1, 0.15) is 5.82 Å². The molecule has 1 fully saturated rings. The molecular formula is C15H17FN2O2. The Balaban J connectivity index is 1.63. The predicted molar refractivity (Wildman–Crippen MR) is 72.9 cm³/mol. The molecule has 4 nitrogen and oxygen atoms in total. The Kier molecular flexibility index (Phi) is 3.67. The molecule has 0 aliphatic carbocycles. The SMILES string of the molecule is O=C([C@@H]1CC(c2ccc(F)cc2)=NO1)N1CCCCC1. The van der Waals surface area contributed by atoms with Crippen LogP contribution in [0.4, 0.5) is 4.39 Å². The van der Waals surface area contributed by atoms with E-state index in [4.69, 9.17) is 4.84 Å². The van der Waals surface area contributed by atoms with E-state index < -0.39 is 6.10 Å². The molecule has 0 bridgehead atoms. The standard InChI is InChI=1S/C15H17FN2O2/c16-12-6-4-11(5-7-12)13-10-14(20-17-13)15(19)18-8-2-1-3-9-18/h4-7,14H,1-3,8-10H2/t14-/m0/s1. The average molecular weight is 276 g/mol. The van der Waals surface area contributed by atoms with Gasteiger partial charge in [0.15, 0.2) is 0 Å². The van der Waals surface area contributed by atoms with Crippen LogP contribution in [0.3, 0.4) is 0 Å². The minimum absolute atomic E-state index is 0.0190. The molecule has 2 aliphatic heterocycles. The number of rotatable bonds is 2. The number of piperidine rings is 1. The molecule has 1 amide bonds. The normalized spacial score (nSPS) is 22.4. The van der Waals surface area contributed by atoms with Crippen LogP contribution >= 0.6 is 0 Å². The molecule has 0 spiro atoms. The van der Waals surface area contributed by atoms with Crippen molar-refractivity contribution < 1.29 is 14.0 Å². The van der Waals surface area contributed by atoms with Crippen LogP contribution in [0.1, 0.15) is 31.2 Å². The van der Waals surface area contributed by atoms with E-state index in [1.54, 1.807) is 12.1 Å². The van der Waals surface area contributed by atoms with Crippen molar-refractivity contribution in [1.82, 2.24) is 4.90 Å². The second-order valence-electron chi connectivity index (χ2n) is 5.23. The number of amides is 1. The monoisotopic (exact) mass is 276 g/mol. The average Bonchev–Trinajstić information content (AvgIpc) is 2.98. The number of nitrogens with zero attached hydrogens (tertiary/aromatic N) is 2. The molecule has 1 aromatic rings. The van der Waals surface area contributed by atoms with Crippen LogP contribution in [0.25, 0.3) is 0 Å². The lowest BCUT2D eigenvalue weighted by Crippen LogP contribution is -2.42. The molecule has 1 saturated heterocycles. The van der Waals surface area contributed by atoms with Gasteiger partial charge in [0.05, 0.1) is 5.71 Å². The number of carbonyl (C=O) groups is 1. The first-order chi connectivity index (χ1) is 9.74. The Hall–Kier alpha value is -1.91. The maximum atomic E-state index is 12.9. The van der Waals surface area contributed by atoms with Crippen LogP contribution in [0.15, 0.2) is 29.4 Å². The third-order valence-corrected chi connectivity index (χ3v) is 3.79. The molecule has 2 heterocycles. The smallest absolute Gasteiger partial charge is 0.266 e. The lowest BCUT2D eigenvalue weighted by Gasteiger charge is -2.28. The van der Waals surface area contributed by atoms with Gasteiger partial charge in [-0.25, -0.2) is 4.39 Å². The third kappa shape index (κ3) is 2.66. The van der Waals surface area contributed by atoms with Crippen molar-refractivity contribution >= 4 is 11.6 Å². The maximum Gasteiger partial charge on any atom is 0.266 e. The van der Waals surface area contributed by atoms with E-state index in [0.717, 1.165) is 31.5 Å². The van der Waals surface area contributed by atoms with Gasteiger partial charge in [0, 0.05) is 19.5 Å². The fraction of sp³-hybridized carbons (Fsp3) is 0.467. The Morgan fingerprint density at radius 3 is 2.60 bits per heavy atom. The van der Waals surface area contributed by atoms with Gasteiger partial charge in [-0.05, 0) is 37.0 Å². The summed E-state index contributed by atoms with van der Waals surface area (Å²) in [5, 5.41) is 3.98. The second kappa shape index (κ2) is 5.61. The number of carbonyl (C=O) groups excluding carboxylic acids is 1. The maximum absolute atomic E-state index is 12.9. The summed E-state index contributed by atoms with van der Waals surface area (Å²) in [4.78, 5) is 19.4. The van der Waals surface area contributed by atoms with Gasteiger partial charge >= 0.3 is 0 Å². The number of likely N-dealkylation sites (tertiary alicyclic amines) is 1. The summed E-state index contributed by atoms with van der Waals surface area (Å²) in [6.07, 6.45) is 3.25. The van der Waals surface area contributed by atoms with Gasteiger partial charge in [0.2, 0.25) is 6.10 Å². The zero-order chi connectivity index (χ0) is 13.9. The highest BCUT2D eigenvalue weighted by molar-refractivity contribution is 6.04. The van der Waals surface area contributed by atoms with Gasteiger partial charge in [-0.15, -0.1) is 0 Å². The Bertz CT molecular complexity index is 521. The van der Waals surface area contributed by atoms with Crippen LogP contribution in [0.5, 0.6) is 0 Å². The molecule has 1 aromatic carbocycles. The molecule has 106 valence electrons. The number of hydrogen-bond acceptors (Lipinski definition) is 3. The molecule has 2 aliphatic rings. The lowest BCUT2D eigenvalue weighted by molar-refractivity contribution is -0.143. The van der Waals surface area contributed by atoms with Gasteiger partial charge in [-0.2, -0.15) is 0 Å². The number of halogens is 1. The zero-order valence-electron chi connectivity index (χ0n) is 11.2. The summed E-state index contributed by atoms with van der Waals surface area (Å²) < 4.78 is 12.9. The Morgan fingerprint density at radius 1 is 1.20 bits per heavy atom. The molecule has 0 aromatic heterocycles. The quantitative estimate of drug-likeness (QED) is 0.832.